The first kappa shape index (κ1) is 28.2. The molecular formula is C33H25F3N4O2. The van der Waals surface area contributed by atoms with E-state index < -0.39 is 23.8 Å². The zero-order valence-corrected chi connectivity index (χ0v) is 22.5. The Kier molecular flexibility index (Phi) is 7.80. The van der Waals surface area contributed by atoms with Gasteiger partial charge in [-0.05, 0) is 65.1 Å². The van der Waals surface area contributed by atoms with Gasteiger partial charge in [-0.15, -0.1) is 0 Å². The van der Waals surface area contributed by atoms with Crippen LogP contribution in [0.2, 0.25) is 0 Å². The monoisotopic (exact) mass is 566 g/mol. The van der Waals surface area contributed by atoms with E-state index in [0.717, 1.165) is 38.6 Å². The molecular weight excluding hydrogens is 541 g/mol. The minimum absolute atomic E-state index is 0.0127. The van der Waals surface area contributed by atoms with Crippen LogP contribution < -0.4 is 10.2 Å². The van der Waals surface area contributed by atoms with Gasteiger partial charge in [-0.2, -0.15) is 18.4 Å². The van der Waals surface area contributed by atoms with E-state index in [9.17, 15) is 28.0 Å². The lowest BCUT2D eigenvalue weighted by atomic mass is 9.91. The van der Waals surface area contributed by atoms with Crippen molar-refractivity contribution in [1.82, 2.24) is 10.2 Å². The molecule has 0 atom stereocenters. The lowest BCUT2D eigenvalue weighted by Gasteiger charge is -2.37. The molecule has 9 heteroatoms. The van der Waals surface area contributed by atoms with E-state index in [1.165, 1.54) is 12.1 Å². The third-order valence-electron chi connectivity index (χ3n) is 7.05. The molecule has 1 aliphatic rings. The highest BCUT2D eigenvalue weighted by molar-refractivity contribution is 6.09. The van der Waals surface area contributed by atoms with Gasteiger partial charge in [0.15, 0.2) is 0 Å². The second kappa shape index (κ2) is 11.6. The van der Waals surface area contributed by atoms with Gasteiger partial charge < -0.3 is 5.32 Å². The van der Waals surface area contributed by atoms with Crippen LogP contribution in [0.25, 0.3) is 16.7 Å². The van der Waals surface area contributed by atoms with Crippen molar-refractivity contribution in [3.05, 3.63) is 131 Å². The Balaban J connectivity index is 1.61. The number of allylic oxidation sites excluding steroid dienone is 1. The van der Waals surface area contributed by atoms with Gasteiger partial charge in [0.05, 0.1) is 29.4 Å². The predicted molar refractivity (Wildman–Crippen MR) is 154 cm³/mol. The largest absolute Gasteiger partial charge is 0.416 e. The number of halogens is 3. The maximum Gasteiger partial charge on any atom is 0.416 e. The van der Waals surface area contributed by atoms with Crippen LogP contribution >= 0.6 is 0 Å². The molecule has 4 amide bonds. The first-order valence-electron chi connectivity index (χ1n) is 13.1. The molecule has 1 aliphatic heterocycles. The lowest BCUT2D eigenvalue weighted by Crippen LogP contribution is -2.53. The molecule has 0 saturated carbocycles. The molecule has 1 N–H and O–H groups in total. The number of nitrogens with zero attached hydrogens (tertiary/aromatic N) is 3. The second-order valence-corrected chi connectivity index (χ2v) is 9.70. The van der Waals surface area contributed by atoms with Gasteiger partial charge in [0.25, 0.3) is 0 Å². The maximum atomic E-state index is 13.8. The van der Waals surface area contributed by atoms with E-state index >= 15 is 0 Å². The number of imide groups is 1. The van der Waals surface area contributed by atoms with Crippen molar-refractivity contribution in [3.8, 4) is 17.2 Å². The molecule has 1 heterocycles. The summed E-state index contributed by atoms with van der Waals surface area (Å²) < 4.78 is 40.9. The highest BCUT2D eigenvalue weighted by Gasteiger charge is 2.38. The summed E-state index contributed by atoms with van der Waals surface area (Å²) in [4.78, 5) is 29.4. The van der Waals surface area contributed by atoms with Crippen LogP contribution in [-0.2, 0) is 12.7 Å². The first-order valence-corrected chi connectivity index (χ1v) is 13.1. The van der Waals surface area contributed by atoms with Crippen LogP contribution in [0.15, 0.2) is 109 Å². The van der Waals surface area contributed by atoms with Gasteiger partial charge in [0.1, 0.15) is 0 Å². The molecule has 0 spiro atoms. The number of hydrogen-bond acceptors (Lipinski definition) is 3. The molecule has 0 aromatic heterocycles. The quantitative estimate of drug-likeness (QED) is 0.268. The summed E-state index contributed by atoms with van der Waals surface area (Å²) in [6.07, 6.45) is -4.62. The van der Waals surface area contributed by atoms with Crippen molar-refractivity contribution < 1.29 is 22.8 Å². The van der Waals surface area contributed by atoms with Crippen LogP contribution in [0.5, 0.6) is 0 Å². The molecule has 210 valence electrons. The fourth-order valence-corrected chi connectivity index (χ4v) is 4.89. The smallest absolute Gasteiger partial charge is 0.333 e. The molecule has 5 rings (SSSR count). The number of alkyl halides is 3. The van der Waals surface area contributed by atoms with Crippen molar-refractivity contribution in [2.24, 2.45) is 0 Å². The summed E-state index contributed by atoms with van der Waals surface area (Å²) in [5.74, 6) is 0. The molecule has 6 nitrogen and oxygen atoms in total. The molecule has 0 bridgehead atoms. The Morgan fingerprint density at radius 3 is 2.24 bits per heavy atom. The number of carbonyl (C=O) groups excluding carboxylic acids is 2. The average molecular weight is 567 g/mol. The van der Waals surface area contributed by atoms with Gasteiger partial charge in [-0.1, -0.05) is 72.8 Å². The van der Waals surface area contributed by atoms with Crippen molar-refractivity contribution in [2.45, 2.75) is 19.6 Å². The number of carbonyl (C=O) groups is 2. The highest BCUT2D eigenvalue weighted by Crippen LogP contribution is 2.38. The summed E-state index contributed by atoms with van der Waals surface area (Å²) in [5.41, 5.74) is 3.65. The number of anilines is 1. The zero-order valence-electron chi connectivity index (χ0n) is 22.5. The normalized spacial score (nSPS) is 13.6. The van der Waals surface area contributed by atoms with Gasteiger partial charge >= 0.3 is 18.2 Å². The van der Waals surface area contributed by atoms with E-state index in [1.807, 2.05) is 54.6 Å². The summed E-state index contributed by atoms with van der Waals surface area (Å²) in [6.45, 7) is 1.71. The van der Waals surface area contributed by atoms with Crippen LogP contribution in [0, 0.1) is 11.3 Å². The Bertz CT molecular complexity index is 1710. The van der Waals surface area contributed by atoms with Crippen LogP contribution in [0.1, 0.15) is 29.2 Å². The summed E-state index contributed by atoms with van der Waals surface area (Å²) in [5, 5.41) is 12.0. The Morgan fingerprint density at radius 2 is 1.57 bits per heavy atom. The number of nitriles is 1. The van der Waals surface area contributed by atoms with Crippen molar-refractivity contribution in [2.75, 3.05) is 11.4 Å². The minimum atomic E-state index is -4.62. The number of nitrogens with one attached hydrogen (secondary N) is 1. The summed E-state index contributed by atoms with van der Waals surface area (Å²) >= 11 is 0. The summed E-state index contributed by atoms with van der Waals surface area (Å²) in [6, 6.07) is 28.6. The summed E-state index contributed by atoms with van der Waals surface area (Å²) in [7, 11) is 0. The fraction of sp³-hybridized carbons (Fsp3) is 0.121. The third kappa shape index (κ3) is 5.74. The van der Waals surface area contributed by atoms with Crippen LogP contribution in [0.4, 0.5) is 28.4 Å². The van der Waals surface area contributed by atoms with Gasteiger partial charge in [0.2, 0.25) is 0 Å². The highest BCUT2D eigenvalue weighted by atomic mass is 19.4. The second-order valence-electron chi connectivity index (χ2n) is 9.70. The number of urea groups is 2. The van der Waals surface area contributed by atoms with Gasteiger partial charge in [-0.3, -0.25) is 4.90 Å². The van der Waals surface area contributed by atoms with E-state index in [1.54, 1.807) is 31.2 Å². The molecule has 0 unspecified atom stereocenters. The number of rotatable bonds is 5. The number of benzene rings is 4. The van der Waals surface area contributed by atoms with E-state index in [4.69, 9.17) is 0 Å². The van der Waals surface area contributed by atoms with Crippen molar-refractivity contribution in [3.63, 3.8) is 0 Å². The molecule has 42 heavy (non-hydrogen) atoms. The topological polar surface area (TPSA) is 76.4 Å². The number of amides is 4. The third-order valence-corrected chi connectivity index (χ3v) is 7.05. The van der Waals surface area contributed by atoms with Crippen molar-refractivity contribution >= 4 is 23.3 Å². The Morgan fingerprint density at radius 1 is 0.905 bits per heavy atom. The first-order chi connectivity index (χ1) is 20.2. The number of hydrogen-bond donors (Lipinski definition) is 1. The average Bonchev–Trinajstić information content (AvgIpc) is 3.00. The van der Waals surface area contributed by atoms with E-state index in [-0.39, 0.29) is 18.8 Å². The van der Waals surface area contributed by atoms with Crippen LogP contribution in [-0.4, -0.2) is 23.5 Å². The van der Waals surface area contributed by atoms with Crippen LogP contribution in [0.3, 0.4) is 0 Å². The van der Waals surface area contributed by atoms with E-state index in [2.05, 4.69) is 11.4 Å². The van der Waals surface area contributed by atoms with Crippen molar-refractivity contribution in [1.29, 1.82) is 5.26 Å². The van der Waals surface area contributed by atoms with Gasteiger partial charge in [-0.25, -0.2) is 14.5 Å². The Labute approximate surface area is 240 Å². The molecule has 0 aliphatic carbocycles. The fourth-order valence-electron chi connectivity index (χ4n) is 4.89. The standard InChI is InChI=1S/C33H25F3N4O2/c1-22-30(29-13-6-5-12-28(29)25-16-14-23(19-37)15-17-25)21-39(31(41)38-20-24-8-3-2-4-9-24)32(42)40(22)27-11-7-10-26(18-27)33(34,35)36/h2-18H,20-21H2,1H3,(H,38,41). The van der Waals surface area contributed by atoms with E-state index in [0.29, 0.717) is 22.4 Å². The SMILES string of the molecule is CC1=C(c2ccccc2-c2ccc(C#N)cc2)CN(C(=O)NCc2ccccc2)C(=O)N1c1cccc(C(F)(F)F)c1. The lowest BCUT2D eigenvalue weighted by molar-refractivity contribution is -0.137. The molecule has 0 saturated heterocycles. The maximum absolute atomic E-state index is 13.8. The molecule has 0 fully saturated rings. The minimum Gasteiger partial charge on any atom is -0.333 e. The predicted octanol–water partition coefficient (Wildman–Crippen LogP) is 7.83. The molecule has 4 aromatic rings. The Hall–Kier alpha value is -5.36. The van der Waals surface area contributed by atoms with Gasteiger partial charge in [0, 0.05) is 12.2 Å². The zero-order chi connectivity index (χ0) is 29.9. The molecule has 4 aromatic carbocycles. The molecule has 0 radical (unpaired) electrons.